The van der Waals surface area contributed by atoms with Gasteiger partial charge in [0.1, 0.15) is 6.04 Å². The highest BCUT2D eigenvalue weighted by Gasteiger charge is 2.34. The molecule has 0 radical (unpaired) electrons. The smallest absolute Gasteiger partial charge is 0.245 e. The van der Waals surface area contributed by atoms with Gasteiger partial charge < -0.3 is 10.2 Å². The molecular formula is C19H35N3O4. The number of hydroxylamine groups is 1. The molecule has 3 atom stereocenters. The predicted molar refractivity (Wildman–Crippen MR) is 99.4 cm³/mol. The third-order valence-electron chi connectivity index (χ3n) is 5.15. The van der Waals surface area contributed by atoms with Gasteiger partial charge in [0, 0.05) is 24.9 Å². The summed E-state index contributed by atoms with van der Waals surface area (Å²) in [6, 6.07) is -0.393. The molecule has 3 amide bonds. The van der Waals surface area contributed by atoms with Crippen molar-refractivity contribution in [1.82, 2.24) is 15.7 Å². The first kappa shape index (κ1) is 22.4. The first-order chi connectivity index (χ1) is 12.3. The van der Waals surface area contributed by atoms with E-state index in [1.807, 2.05) is 25.7 Å². The summed E-state index contributed by atoms with van der Waals surface area (Å²) in [5, 5.41) is 11.7. The number of carbonyl (C=O) groups excluding carboxylic acids is 3. The lowest BCUT2D eigenvalue weighted by molar-refractivity contribution is -0.140. The lowest BCUT2D eigenvalue weighted by Crippen LogP contribution is -2.53. The predicted octanol–water partition coefficient (Wildman–Crippen LogP) is 2.23. The van der Waals surface area contributed by atoms with Crippen molar-refractivity contribution in [2.75, 3.05) is 6.54 Å². The van der Waals surface area contributed by atoms with Crippen LogP contribution in [0.25, 0.3) is 0 Å². The summed E-state index contributed by atoms with van der Waals surface area (Å²) in [5.74, 6) is -1.50. The Morgan fingerprint density at radius 3 is 2.42 bits per heavy atom. The van der Waals surface area contributed by atoms with E-state index in [1.54, 1.807) is 5.48 Å². The summed E-state index contributed by atoms with van der Waals surface area (Å²) >= 11 is 0. The third-order valence-corrected chi connectivity index (χ3v) is 5.15. The Labute approximate surface area is 156 Å². The first-order valence-corrected chi connectivity index (χ1v) is 9.85. The zero-order valence-corrected chi connectivity index (χ0v) is 16.6. The van der Waals surface area contributed by atoms with Crippen LogP contribution in [0.15, 0.2) is 0 Å². The van der Waals surface area contributed by atoms with E-state index >= 15 is 0 Å². The standard InChI is InChI=1S/C19H35N3O4/c1-5-6-7-10-15(12-16(23)21-26)18(24)20-17(13(2)3)19(25)22-11-8-9-14(22)4/h13-15,17,26H,5-12H2,1-4H3,(H,20,24)(H,21,23)/t14-,15-,17+/m1/s1. The quantitative estimate of drug-likeness (QED) is 0.312. The maximum atomic E-state index is 12.9. The van der Waals surface area contributed by atoms with Crippen molar-refractivity contribution in [3.63, 3.8) is 0 Å². The molecule has 0 aromatic carbocycles. The molecule has 150 valence electrons. The summed E-state index contributed by atoms with van der Waals surface area (Å²) in [5.41, 5.74) is 1.60. The number of amides is 3. The summed E-state index contributed by atoms with van der Waals surface area (Å²) in [6.07, 6.45) is 5.28. The highest BCUT2D eigenvalue weighted by Crippen LogP contribution is 2.21. The van der Waals surface area contributed by atoms with E-state index in [0.717, 1.165) is 38.6 Å². The van der Waals surface area contributed by atoms with Crippen molar-refractivity contribution < 1.29 is 19.6 Å². The number of hydrogen-bond acceptors (Lipinski definition) is 4. The summed E-state index contributed by atoms with van der Waals surface area (Å²) in [4.78, 5) is 39.0. The van der Waals surface area contributed by atoms with Crippen LogP contribution in [0, 0.1) is 11.8 Å². The molecule has 1 rings (SSSR count). The highest BCUT2D eigenvalue weighted by molar-refractivity contribution is 5.90. The van der Waals surface area contributed by atoms with Crippen LogP contribution in [0.5, 0.6) is 0 Å². The minimum Gasteiger partial charge on any atom is -0.344 e. The minimum absolute atomic E-state index is 0.0396. The fraction of sp³-hybridized carbons (Fsp3) is 0.842. The molecule has 1 saturated heterocycles. The fourth-order valence-corrected chi connectivity index (χ4v) is 3.46. The molecule has 26 heavy (non-hydrogen) atoms. The van der Waals surface area contributed by atoms with Gasteiger partial charge in [0.25, 0.3) is 0 Å². The maximum absolute atomic E-state index is 12.9. The van der Waals surface area contributed by atoms with Gasteiger partial charge >= 0.3 is 0 Å². The third kappa shape index (κ3) is 6.59. The highest BCUT2D eigenvalue weighted by atomic mass is 16.5. The molecule has 0 aromatic heterocycles. The molecule has 1 aliphatic heterocycles. The van der Waals surface area contributed by atoms with E-state index in [1.165, 1.54) is 0 Å². The molecule has 0 aromatic rings. The van der Waals surface area contributed by atoms with Crippen molar-refractivity contribution >= 4 is 17.7 Å². The van der Waals surface area contributed by atoms with Gasteiger partial charge in [-0.1, -0.05) is 40.0 Å². The summed E-state index contributed by atoms with van der Waals surface area (Å²) in [7, 11) is 0. The largest absolute Gasteiger partial charge is 0.344 e. The van der Waals surface area contributed by atoms with Crippen LogP contribution >= 0.6 is 0 Å². The molecule has 1 aliphatic rings. The van der Waals surface area contributed by atoms with Gasteiger partial charge in [0.15, 0.2) is 0 Å². The van der Waals surface area contributed by atoms with Crippen molar-refractivity contribution in [1.29, 1.82) is 0 Å². The molecule has 0 aliphatic carbocycles. The second-order valence-electron chi connectivity index (χ2n) is 7.68. The van der Waals surface area contributed by atoms with E-state index in [4.69, 9.17) is 5.21 Å². The number of unbranched alkanes of at least 4 members (excludes halogenated alkanes) is 2. The van der Waals surface area contributed by atoms with E-state index < -0.39 is 17.9 Å². The van der Waals surface area contributed by atoms with Gasteiger partial charge in [-0.3, -0.25) is 19.6 Å². The topological polar surface area (TPSA) is 98.7 Å². The molecule has 0 unspecified atom stereocenters. The maximum Gasteiger partial charge on any atom is 0.245 e. The van der Waals surface area contributed by atoms with Gasteiger partial charge in [-0.15, -0.1) is 0 Å². The van der Waals surface area contributed by atoms with E-state index in [-0.39, 0.29) is 30.2 Å². The molecule has 3 N–H and O–H groups in total. The molecule has 0 saturated carbocycles. The number of carbonyl (C=O) groups is 3. The number of hydrogen-bond donors (Lipinski definition) is 3. The number of nitrogens with one attached hydrogen (secondary N) is 2. The summed E-state index contributed by atoms with van der Waals surface area (Å²) < 4.78 is 0. The van der Waals surface area contributed by atoms with Gasteiger partial charge in [0.2, 0.25) is 17.7 Å². The van der Waals surface area contributed by atoms with Crippen molar-refractivity contribution in [3.8, 4) is 0 Å². The lowest BCUT2D eigenvalue weighted by atomic mass is 9.94. The Morgan fingerprint density at radius 1 is 1.23 bits per heavy atom. The average molecular weight is 370 g/mol. The van der Waals surface area contributed by atoms with Gasteiger partial charge in [0.05, 0.1) is 0 Å². The van der Waals surface area contributed by atoms with Crippen molar-refractivity contribution in [2.45, 2.75) is 84.7 Å². The fourth-order valence-electron chi connectivity index (χ4n) is 3.46. The van der Waals surface area contributed by atoms with Gasteiger partial charge in [-0.2, -0.15) is 0 Å². The molecule has 0 spiro atoms. The van der Waals surface area contributed by atoms with Crippen LogP contribution in [0.2, 0.25) is 0 Å². The summed E-state index contributed by atoms with van der Waals surface area (Å²) in [6.45, 7) is 8.65. The van der Waals surface area contributed by atoms with Crippen LogP contribution in [0.3, 0.4) is 0 Å². The number of nitrogens with zero attached hydrogens (tertiary/aromatic N) is 1. The Hall–Kier alpha value is -1.63. The van der Waals surface area contributed by atoms with Crippen LogP contribution in [0.1, 0.15) is 72.6 Å². The second-order valence-corrected chi connectivity index (χ2v) is 7.68. The SMILES string of the molecule is CCCCC[C@H](CC(=O)NO)C(=O)N[C@H](C(=O)N1CCC[C@H]1C)C(C)C. The van der Waals surface area contributed by atoms with Gasteiger partial charge in [-0.25, -0.2) is 5.48 Å². The molecular weight excluding hydrogens is 334 g/mol. The Balaban J connectivity index is 2.79. The van der Waals surface area contributed by atoms with Crippen molar-refractivity contribution in [2.24, 2.45) is 11.8 Å². The minimum atomic E-state index is -0.589. The average Bonchev–Trinajstić information content (AvgIpc) is 3.03. The lowest BCUT2D eigenvalue weighted by Gasteiger charge is -2.30. The van der Waals surface area contributed by atoms with Crippen molar-refractivity contribution in [3.05, 3.63) is 0 Å². The van der Waals surface area contributed by atoms with E-state index in [2.05, 4.69) is 12.2 Å². The molecule has 7 nitrogen and oxygen atoms in total. The molecule has 1 fully saturated rings. The normalized spacial score (nSPS) is 19.3. The van der Waals surface area contributed by atoms with E-state index in [9.17, 15) is 14.4 Å². The van der Waals surface area contributed by atoms with Gasteiger partial charge in [-0.05, 0) is 32.1 Å². The molecule has 7 heteroatoms. The van der Waals surface area contributed by atoms with Crippen LogP contribution < -0.4 is 10.8 Å². The monoisotopic (exact) mass is 369 g/mol. The van der Waals surface area contributed by atoms with Crippen LogP contribution in [-0.2, 0) is 14.4 Å². The molecule has 0 bridgehead atoms. The Morgan fingerprint density at radius 2 is 1.92 bits per heavy atom. The van der Waals surface area contributed by atoms with E-state index in [0.29, 0.717) is 6.42 Å². The Kier molecular flexibility index (Phi) is 9.62. The zero-order valence-electron chi connectivity index (χ0n) is 16.6. The zero-order chi connectivity index (χ0) is 19.7. The second kappa shape index (κ2) is 11.2. The number of likely N-dealkylation sites (tertiary alicyclic amines) is 1. The Bertz CT molecular complexity index is 481. The molecule has 1 heterocycles. The first-order valence-electron chi connectivity index (χ1n) is 9.85. The van der Waals surface area contributed by atoms with Crippen LogP contribution in [0.4, 0.5) is 0 Å². The number of rotatable bonds is 10. The van der Waals surface area contributed by atoms with Crippen LogP contribution in [-0.4, -0.2) is 46.5 Å².